The summed E-state index contributed by atoms with van der Waals surface area (Å²) in [6, 6.07) is 4.82. The lowest BCUT2D eigenvalue weighted by Gasteiger charge is -2.17. The third-order valence-corrected chi connectivity index (χ3v) is 4.29. The van der Waals surface area contributed by atoms with Gasteiger partial charge in [0.1, 0.15) is 0 Å². The Hall–Kier alpha value is -2.11. The first-order chi connectivity index (χ1) is 11.3. The van der Waals surface area contributed by atoms with Crippen LogP contribution in [0, 0.1) is 13.8 Å². The minimum Gasteiger partial charge on any atom is -0.478 e. The molecular formula is C17H15Cl2NO4. The SMILES string of the molecule is CCOC(=O)c1c(C)nc(C)c(C(=O)O)c1-c1cccc(Cl)c1Cl. The minimum absolute atomic E-state index is 0.0732. The maximum atomic E-state index is 12.4. The van der Waals surface area contributed by atoms with E-state index in [-0.39, 0.29) is 39.0 Å². The number of carbonyl (C=O) groups is 2. The molecule has 1 aromatic carbocycles. The molecule has 0 aliphatic heterocycles. The molecule has 2 aromatic rings. The van der Waals surface area contributed by atoms with Crippen LogP contribution in [-0.4, -0.2) is 28.6 Å². The Balaban J connectivity index is 2.96. The van der Waals surface area contributed by atoms with Gasteiger partial charge < -0.3 is 9.84 Å². The van der Waals surface area contributed by atoms with E-state index < -0.39 is 11.9 Å². The van der Waals surface area contributed by atoms with Crippen molar-refractivity contribution in [3.8, 4) is 11.1 Å². The standard InChI is InChI=1S/C17H15Cl2NO4/c1-4-24-17(23)13-9(3)20-8(2)12(16(21)22)14(13)10-6-5-7-11(18)15(10)19/h5-7H,4H2,1-3H3,(H,21,22). The van der Waals surface area contributed by atoms with E-state index in [0.717, 1.165) is 0 Å². The fourth-order valence-electron chi connectivity index (χ4n) is 2.53. The van der Waals surface area contributed by atoms with Crippen LogP contribution in [0.15, 0.2) is 18.2 Å². The molecule has 0 saturated carbocycles. The van der Waals surface area contributed by atoms with E-state index in [0.29, 0.717) is 11.3 Å². The second kappa shape index (κ2) is 7.20. The summed E-state index contributed by atoms with van der Waals surface area (Å²) in [5.41, 5.74) is 1.12. The van der Waals surface area contributed by atoms with Crippen molar-refractivity contribution in [2.45, 2.75) is 20.8 Å². The van der Waals surface area contributed by atoms with E-state index in [1.807, 2.05) is 0 Å². The van der Waals surface area contributed by atoms with Crippen molar-refractivity contribution in [1.82, 2.24) is 4.98 Å². The Morgan fingerprint density at radius 1 is 1.17 bits per heavy atom. The molecule has 0 unspecified atom stereocenters. The third-order valence-electron chi connectivity index (χ3n) is 3.47. The van der Waals surface area contributed by atoms with E-state index in [9.17, 15) is 14.7 Å². The number of aromatic nitrogens is 1. The highest BCUT2D eigenvalue weighted by Crippen LogP contribution is 2.39. The van der Waals surface area contributed by atoms with Gasteiger partial charge in [0.05, 0.1) is 39.2 Å². The van der Waals surface area contributed by atoms with Crippen molar-refractivity contribution >= 4 is 35.1 Å². The van der Waals surface area contributed by atoms with E-state index in [1.165, 1.54) is 0 Å². The van der Waals surface area contributed by atoms with Crippen LogP contribution in [0.2, 0.25) is 10.0 Å². The number of halogens is 2. The molecule has 0 saturated heterocycles. The van der Waals surface area contributed by atoms with Gasteiger partial charge in [-0.2, -0.15) is 0 Å². The van der Waals surface area contributed by atoms with Gasteiger partial charge in [-0.3, -0.25) is 4.98 Å². The maximum absolute atomic E-state index is 12.4. The molecule has 7 heteroatoms. The number of carboxylic acid groups (broad SMARTS) is 1. The number of ether oxygens (including phenoxy) is 1. The number of carboxylic acids is 1. The van der Waals surface area contributed by atoms with Gasteiger partial charge >= 0.3 is 11.9 Å². The fourth-order valence-corrected chi connectivity index (χ4v) is 2.93. The average Bonchev–Trinajstić information content (AvgIpc) is 2.49. The Morgan fingerprint density at radius 2 is 1.79 bits per heavy atom. The highest BCUT2D eigenvalue weighted by atomic mass is 35.5. The van der Waals surface area contributed by atoms with Gasteiger partial charge in [0.2, 0.25) is 0 Å². The molecule has 0 atom stereocenters. The summed E-state index contributed by atoms with van der Waals surface area (Å²) < 4.78 is 5.07. The Morgan fingerprint density at radius 3 is 2.38 bits per heavy atom. The molecule has 1 aromatic heterocycles. The minimum atomic E-state index is -1.21. The summed E-state index contributed by atoms with van der Waals surface area (Å²) in [6.07, 6.45) is 0. The summed E-state index contributed by atoms with van der Waals surface area (Å²) in [5.74, 6) is -1.87. The van der Waals surface area contributed by atoms with Gasteiger partial charge in [-0.15, -0.1) is 0 Å². The first kappa shape index (κ1) is 18.2. The van der Waals surface area contributed by atoms with Crippen LogP contribution in [0.25, 0.3) is 11.1 Å². The van der Waals surface area contributed by atoms with Crippen molar-refractivity contribution < 1.29 is 19.4 Å². The number of aryl methyl sites for hydroxylation is 2. The lowest BCUT2D eigenvalue weighted by molar-refractivity contribution is 0.0526. The van der Waals surface area contributed by atoms with Gasteiger partial charge in [-0.05, 0) is 26.8 Å². The molecule has 1 N–H and O–H groups in total. The molecule has 0 amide bonds. The van der Waals surface area contributed by atoms with Gasteiger partial charge in [-0.25, -0.2) is 9.59 Å². The topological polar surface area (TPSA) is 76.5 Å². The number of esters is 1. The zero-order chi connectivity index (χ0) is 18.0. The van der Waals surface area contributed by atoms with E-state index in [1.54, 1.807) is 39.0 Å². The molecule has 0 bridgehead atoms. The number of pyridine rings is 1. The van der Waals surface area contributed by atoms with Gasteiger partial charge in [0, 0.05) is 11.1 Å². The number of aromatic carboxylic acids is 1. The number of hydrogen-bond donors (Lipinski definition) is 1. The van der Waals surface area contributed by atoms with Crippen molar-refractivity contribution in [3.63, 3.8) is 0 Å². The van der Waals surface area contributed by atoms with Crippen molar-refractivity contribution in [2.24, 2.45) is 0 Å². The molecule has 0 aliphatic rings. The van der Waals surface area contributed by atoms with Crippen molar-refractivity contribution in [1.29, 1.82) is 0 Å². The van der Waals surface area contributed by atoms with Crippen LogP contribution in [0.1, 0.15) is 39.0 Å². The zero-order valence-corrected chi connectivity index (χ0v) is 14.8. The van der Waals surface area contributed by atoms with Crippen LogP contribution in [-0.2, 0) is 4.74 Å². The van der Waals surface area contributed by atoms with Gasteiger partial charge in [0.25, 0.3) is 0 Å². The molecule has 24 heavy (non-hydrogen) atoms. The van der Waals surface area contributed by atoms with Crippen molar-refractivity contribution in [2.75, 3.05) is 6.61 Å². The van der Waals surface area contributed by atoms with E-state index in [4.69, 9.17) is 27.9 Å². The van der Waals surface area contributed by atoms with Crippen LogP contribution >= 0.6 is 23.2 Å². The normalized spacial score (nSPS) is 10.5. The fraction of sp³-hybridized carbons (Fsp3) is 0.235. The Labute approximate surface area is 149 Å². The summed E-state index contributed by atoms with van der Waals surface area (Å²) in [6.45, 7) is 5.00. The number of nitrogens with zero attached hydrogens (tertiary/aromatic N) is 1. The molecule has 0 spiro atoms. The van der Waals surface area contributed by atoms with Gasteiger partial charge in [-0.1, -0.05) is 35.3 Å². The summed E-state index contributed by atoms with van der Waals surface area (Å²) in [7, 11) is 0. The van der Waals surface area contributed by atoms with Crippen molar-refractivity contribution in [3.05, 3.63) is 50.8 Å². The third kappa shape index (κ3) is 3.23. The first-order valence-corrected chi connectivity index (χ1v) is 7.91. The lowest BCUT2D eigenvalue weighted by atomic mass is 9.92. The second-order valence-corrected chi connectivity index (χ2v) is 5.82. The zero-order valence-electron chi connectivity index (χ0n) is 13.3. The number of rotatable bonds is 4. The smallest absolute Gasteiger partial charge is 0.340 e. The summed E-state index contributed by atoms with van der Waals surface area (Å²) >= 11 is 12.3. The molecule has 126 valence electrons. The molecule has 0 radical (unpaired) electrons. The quantitative estimate of drug-likeness (QED) is 0.802. The monoisotopic (exact) mass is 367 g/mol. The highest BCUT2D eigenvalue weighted by Gasteiger charge is 2.28. The molecule has 2 rings (SSSR count). The highest BCUT2D eigenvalue weighted by molar-refractivity contribution is 6.44. The van der Waals surface area contributed by atoms with Crippen LogP contribution in [0.5, 0.6) is 0 Å². The summed E-state index contributed by atoms with van der Waals surface area (Å²) in [5, 5.41) is 10.0. The van der Waals surface area contributed by atoms with Crippen LogP contribution < -0.4 is 0 Å². The molecular weight excluding hydrogens is 353 g/mol. The Kier molecular flexibility index (Phi) is 5.47. The van der Waals surface area contributed by atoms with Gasteiger partial charge in [0.15, 0.2) is 0 Å². The predicted molar refractivity (Wildman–Crippen MR) is 92.1 cm³/mol. The van der Waals surface area contributed by atoms with Crippen LogP contribution in [0.4, 0.5) is 0 Å². The molecule has 1 heterocycles. The molecule has 0 fully saturated rings. The molecule has 0 aliphatic carbocycles. The lowest BCUT2D eigenvalue weighted by Crippen LogP contribution is -2.16. The Bertz CT molecular complexity index is 834. The van der Waals surface area contributed by atoms with E-state index in [2.05, 4.69) is 4.98 Å². The van der Waals surface area contributed by atoms with Crippen LogP contribution in [0.3, 0.4) is 0 Å². The second-order valence-electron chi connectivity index (χ2n) is 5.03. The average molecular weight is 368 g/mol. The predicted octanol–water partition coefficient (Wildman–Crippen LogP) is 4.55. The summed E-state index contributed by atoms with van der Waals surface area (Å²) in [4.78, 5) is 28.4. The number of hydrogen-bond acceptors (Lipinski definition) is 4. The largest absolute Gasteiger partial charge is 0.478 e. The first-order valence-electron chi connectivity index (χ1n) is 7.15. The number of benzene rings is 1. The van der Waals surface area contributed by atoms with E-state index >= 15 is 0 Å². The maximum Gasteiger partial charge on any atom is 0.340 e. The molecule has 5 nitrogen and oxygen atoms in total. The number of carbonyl (C=O) groups excluding carboxylic acids is 1.